The Bertz CT molecular complexity index is 523. The number of hydrogen-bond acceptors (Lipinski definition) is 3. The molecule has 1 aromatic rings. The SMILES string of the molecule is CC(OC(=O)CC1CC2CCC1C2)C(=O)c1ccccc1. The van der Waals surface area contributed by atoms with Crippen molar-refractivity contribution in [2.24, 2.45) is 17.8 Å². The maximum absolute atomic E-state index is 12.2. The van der Waals surface area contributed by atoms with Gasteiger partial charge in [0.25, 0.3) is 0 Å². The van der Waals surface area contributed by atoms with E-state index >= 15 is 0 Å². The predicted molar refractivity (Wildman–Crippen MR) is 79.9 cm³/mol. The zero-order valence-corrected chi connectivity index (χ0v) is 12.5. The number of benzene rings is 1. The van der Waals surface area contributed by atoms with Crippen LogP contribution in [0, 0.1) is 17.8 Å². The van der Waals surface area contributed by atoms with E-state index in [1.807, 2.05) is 18.2 Å². The number of rotatable bonds is 5. The summed E-state index contributed by atoms with van der Waals surface area (Å²) in [5.41, 5.74) is 0.595. The van der Waals surface area contributed by atoms with Crippen molar-refractivity contribution in [3.05, 3.63) is 35.9 Å². The maximum Gasteiger partial charge on any atom is 0.306 e. The molecule has 3 rings (SSSR count). The lowest BCUT2D eigenvalue weighted by molar-refractivity contribution is -0.147. The monoisotopic (exact) mass is 286 g/mol. The van der Waals surface area contributed by atoms with Crippen molar-refractivity contribution in [1.82, 2.24) is 0 Å². The first-order valence-electron chi connectivity index (χ1n) is 7.92. The van der Waals surface area contributed by atoms with Crippen LogP contribution in [-0.2, 0) is 9.53 Å². The summed E-state index contributed by atoms with van der Waals surface area (Å²) in [6, 6.07) is 9.00. The maximum atomic E-state index is 12.2. The Morgan fingerprint density at radius 3 is 2.57 bits per heavy atom. The first-order valence-corrected chi connectivity index (χ1v) is 7.92. The van der Waals surface area contributed by atoms with Gasteiger partial charge in [-0.3, -0.25) is 9.59 Å². The van der Waals surface area contributed by atoms with Crippen molar-refractivity contribution in [2.75, 3.05) is 0 Å². The van der Waals surface area contributed by atoms with Crippen LogP contribution in [0.2, 0.25) is 0 Å². The fraction of sp³-hybridized carbons (Fsp3) is 0.556. The summed E-state index contributed by atoms with van der Waals surface area (Å²) in [7, 11) is 0. The molecule has 0 N–H and O–H groups in total. The van der Waals surface area contributed by atoms with Crippen molar-refractivity contribution >= 4 is 11.8 Å². The molecule has 0 spiro atoms. The lowest BCUT2D eigenvalue weighted by Crippen LogP contribution is -2.26. The molecule has 2 saturated carbocycles. The highest BCUT2D eigenvalue weighted by atomic mass is 16.5. The molecule has 2 bridgehead atoms. The first kappa shape index (κ1) is 14.3. The van der Waals surface area contributed by atoms with Gasteiger partial charge in [0.05, 0.1) is 0 Å². The highest BCUT2D eigenvalue weighted by Crippen LogP contribution is 2.49. The highest BCUT2D eigenvalue weighted by molar-refractivity contribution is 6.00. The third kappa shape index (κ3) is 3.17. The molecule has 21 heavy (non-hydrogen) atoms. The van der Waals surface area contributed by atoms with Crippen LogP contribution in [0.3, 0.4) is 0 Å². The summed E-state index contributed by atoms with van der Waals surface area (Å²) in [6.45, 7) is 1.66. The Morgan fingerprint density at radius 2 is 1.95 bits per heavy atom. The van der Waals surface area contributed by atoms with Crippen LogP contribution >= 0.6 is 0 Å². The molecule has 0 radical (unpaired) electrons. The summed E-state index contributed by atoms with van der Waals surface area (Å²) >= 11 is 0. The topological polar surface area (TPSA) is 43.4 Å². The van der Waals surface area contributed by atoms with Gasteiger partial charge in [-0.2, -0.15) is 0 Å². The number of ketones is 1. The molecule has 0 heterocycles. The van der Waals surface area contributed by atoms with E-state index in [9.17, 15) is 9.59 Å². The minimum atomic E-state index is -0.696. The van der Waals surface area contributed by atoms with Crippen LogP contribution in [0.25, 0.3) is 0 Å². The third-order valence-corrected chi connectivity index (χ3v) is 5.05. The molecule has 4 atom stereocenters. The third-order valence-electron chi connectivity index (χ3n) is 5.05. The average molecular weight is 286 g/mol. The fourth-order valence-electron chi connectivity index (χ4n) is 3.98. The van der Waals surface area contributed by atoms with Crippen LogP contribution in [0.1, 0.15) is 49.4 Å². The smallest absolute Gasteiger partial charge is 0.306 e. The summed E-state index contributed by atoms with van der Waals surface area (Å²) in [5, 5.41) is 0. The molecular weight excluding hydrogens is 264 g/mol. The van der Waals surface area contributed by atoms with Gasteiger partial charge >= 0.3 is 5.97 Å². The second-order valence-corrected chi connectivity index (χ2v) is 6.50. The van der Waals surface area contributed by atoms with Gasteiger partial charge in [0.1, 0.15) is 0 Å². The molecule has 112 valence electrons. The van der Waals surface area contributed by atoms with Crippen LogP contribution in [0.15, 0.2) is 30.3 Å². The molecule has 0 aromatic heterocycles. The van der Waals surface area contributed by atoms with Crippen LogP contribution in [0.4, 0.5) is 0 Å². The average Bonchev–Trinajstić information content (AvgIpc) is 3.09. The zero-order chi connectivity index (χ0) is 14.8. The van der Waals surface area contributed by atoms with Gasteiger partial charge in [0, 0.05) is 12.0 Å². The standard InChI is InChI=1S/C18H22O3/c1-12(18(20)14-5-3-2-4-6-14)21-17(19)11-16-10-13-7-8-15(16)9-13/h2-6,12-13,15-16H,7-11H2,1H3. The summed E-state index contributed by atoms with van der Waals surface area (Å²) in [5.74, 6) is 1.68. The summed E-state index contributed by atoms with van der Waals surface area (Å²) < 4.78 is 5.35. The molecule has 4 unspecified atom stereocenters. The summed E-state index contributed by atoms with van der Waals surface area (Å²) in [6.07, 6.45) is 4.84. The summed E-state index contributed by atoms with van der Waals surface area (Å²) in [4.78, 5) is 24.2. The van der Waals surface area contributed by atoms with Crippen molar-refractivity contribution in [1.29, 1.82) is 0 Å². The molecule has 3 nitrogen and oxygen atoms in total. The highest BCUT2D eigenvalue weighted by Gasteiger charge is 2.40. The van der Waals surface area contributed by atoms with Crippen molar-refractivity contribution in [2.45, 2.75) is 45.1 Å². The van der Waals surface area contributed by atoms with E-state index in [-0.39, 0.29) is 11.8 Å². The quantitative estimate of drug-likeness (QED) is 0.613. The van der Waals surface area contributed by atoms with Gasteiger partial charge in [0.15, 0.2) is 6.10 Å². The number of esters is 1. The van der Waals surface area contributed by atoms with Gasteiger partial charge in [-0.1, -0.05) is 36.8 Å². The Balaban J connectivity index is 1.51. The molecule has 2 fully saturated rings. The van der Waals surface area contributed by atoms with E-state index in [1.54, 1.807) is 19.1 Å². The molecule has 2 aliphatic carbocycles. The minimum Gasteiger partial charge on any atom is -0.454 e. The number of fused-ring (bicyclic) bond motifs is 2. The Morgan fingerprint density at radius 1 is 1.19 bits per heavy atom. The van der Waals surface area contributed by atoms with Crippen molar-refractivity contribution in [3.63, 3.8) is 0 Å². The van der Waals surface area contributed by atoms with Gasteiger partial charge in [-0.15, -0.1) is 0 Å². The minimum absolute atomic E-state index is 0.128. The molecule has 0 amide bonds. The second-order valence-electron chi connectivity index (χ2n) is 6.50. The largest absolute Gasteiger partial charge is 0.454 e. The van der Waals surface area contributed by atoms with Crippen LogP contribution in [-0.4, -0.2) is 17.9 Å². The van der Waals surface area contributed by atoms with Gasteiger partial charge in [0.2, 0.25) is 5.78 Å². The van der Waals surface area contributed by atoms with E-state index in [2.05, 4.69) is 0 Å². The lowest BCUT2D eigenvalue weighted by Gasteiger charge is -2.21. The Labute approximate surface area is 125 Å². The van der Waals surface area contributed by atoms with Gasteiger partial charge in [-0.25, -0.2) is 0 Å². The van der Waals surface area contributed by atoms with E-state index in [1.165, 1.54) is 25.7 Å². The van der Waals surface area contributed by atoms with Crippen LogP contribution in [0.5, 0.6) is 0 Å². The first-order chi connectivity index (χ1) is 10.1. The molecule has 2 aliphatic rings. The van der Waals surface area contributed by atoms with E-state index < -0.39 is 6.10 Å². The number of Topliss-reactive ketones (excluding diaryl/α,β-unsaturated/α-hetero) is 1. The van der Waals surface area contributed by atoms with Gasteiger partial charge in [-0.05, 0) is 43.9 Å². The molecule has 0 saturated heterocycles. The molecular formula is C18H22O3. The molecule has 3 heteroatoms. The number of ether oxygens (including phenoxy) is 1. The van der Waals surface area contributed by atoms with E-state index in [4.69, 9.17) is 4.74 Å². The number of carbonyl (C=O) groups excluding carboxylic acids is 2. The second kappa shape index (κ2) is 6.00. The zero-order valence-electron chi connectivity index (χ0n) is 12.5. The lowest BCUT2D eigenvalue weighted by atomic mass is 9.86. The number of carbonyl (C=O) groups is 2. The predicted octanol–water partition coefficient (Wildman–Crippen LogP) is 3.63. The number of hydrogen-bond donors (Lipinski definition) is 0. The Kier molecular flexibility index (Phi) is 4.09. The van der Waals surface area contributed by atoms with Crippen LogP contribution < -0.4 is 0 Å². The van der Waals surface area contributed by atoms with E-state index in [0.29, 0.717) is 23.8 Å². The van der Waals surface area contributed by atoms with Crippen molar-refractivity contribution in [3.8, 4) is 0 Å². The Hall–Kier alpha value is -1.64. The van der Waals surface area contributed by atoms with Crippen molar-refractivity contribution < 1.29 is 14.3 Å². The molecule has 1 aromatic carbocycles. The normalized spacial score (nSPS) is 28.3. The fourth-order valence-corrected chi connectivity index (χ4v) is 3.98. The van der Waals surface area contributed by atoms with Gasteiger partial charge < -0.3 is 4.74 Å². The van der Waals surface area contributed by atoms with E-state index in [0.717, 1.165) is 5.92 Å². The molecule has 0 aliphatic heterocycles.